The summed E-state index contributed by atoms with van der Waals surface area (Å²) >= 11 is 2.49. The highest BCUT2D eigenvalue weighted by Gasteiger charge is 2.53. The van der Waals surface area contributed by atoms with Crippen LogP contribution in [-0.2, 0) is 4.43 Å². The lowest BCUT2D eigenvalue weighted by Gasteiger charge is -2.49. The summed E-state index contributed by atoms with van der Waals surface area (Å²) in [6, 6.07) is 0. The third-order valence-electron chi connectivity index (χ3n) is 2.96. The van der Waals surface area contributed by atoms with Crippen LogP contribution < -0.4 is 0 Å². The second-order valence-corrected chi connectivity index (χ2v) is 13.3. The van der Waals surface area contributed by atoms with Crippen LogP contribution >= 0.6 is 22.6 Å². The van der Waals surface area contributed by atoms with Gasteiger partial charge in [-0.1, -0.05) is 64.1 Å². The molecule has 0 unspecified atom stereocenters. The first-order chi connectivity index (χ1) is 5.62. The number of hydrogen-bond acceptors (Lipinski definition) is 1. The van der Waals surface area contributed by atoms with Crippen LogP contribution in [-0.4, -0.2) is 19.5 Å². The van der Waals surface area contributed by atoms with E-state index in [1.54, 1.807) is 0 Å². The van der Waals surface area contributed by atoms with Crippen molar-refractivity contribution in [1.82, 2.24) is 0 Å². The van der Waals surface area contributed by atoms with Gasteiger partial charge in [0.15, 0.2) is 0 Å². The maximum atomic E-state index is 5.95. The van der Waals surface area contributed by atoms with Crippen molar-refractivity contribution in [2.24, 2.45) is 0 Å². The lowest BCUT2D eigenvalue weighted by molar-refractivity contribution is 0.333. The summed E-state index contributed by atoms with van der Waals surface area (Å²) in [6.07, 6.45) is 0. The average Bonchev–Trinajstić information content (AvgIpc) is 1.84. The first-order valence-corrected chi connectivity index (χ1v) is 8.37. The summed E-state index contributed by atoms with van der Waals surface area (Å²) in [4.78, 5) is 0. The van der Waals surface area contributed by atoms with E-state index >= 15 is 0 Å². The average molecular weight is 314 g/mol. The summed E-state index contributed by atoms with van der Waals surface area (Å²) in [5.41, 5.74) is 0. The standard InChI is InChI=1S/C10H23IOSi/c1-9(2,3)13(8-11,12-7)10(4,5)6/h8H2,1-7H3. The first-order valence-electron chi connectivity index (χ1n) is 4.73. The molecule has 0 heterocycles. The fourth-order valence-corrected chi connectivity index (χ4v) is 14.4. The summed E-state index contributed by atoms with van der Waals surface area (Å²) in [5.74, 6) is 0. The SMILES string of the molecule is CO[Si](CI)(C(C)(C)C)C(C)(C)C. The van der Waals surface area contributed by atoms with Crippen LogP contribution in [0, 0.1) is 0 Å². The molecule has 0 amide bonds. The van der Waals surface area contributed by atoms with Gasteiger partial charge in [0, 0.05) is 11.2 Å². The zero-order valence-electron chi connectivity index (χ0n) is 9.99. The molecular weight excluding hydrogens is 291 g/mol. The Balaban J connectivity index is 5.17. The van der Waals surface area contributed by atoms with Gasteiger partial charge in [-0.25, -0.2) is 0 Å². The van der Waals surface area contributed by atoms with E-state index in [0.717, 1.165) is 4.05 Å². The van der Waals surface area contributed by atoms with E-state index in [1.807, 2.05) is 7.11 Å². The zero-order valence-corrected chi connectivity index (χ0v) is 13.2. The smallest absolute Gasteiger partial charge is 0.212 e. The maximum Gasteiger partial charge on any atom is 0.212 e. The molecule has 13 heavy (non-hydrogen) atoms. The number of alkyl halides is 1. The zero-order chi connectivity index (χ0) is 10.9. The third-order valence-corrected chi connectivity index (χ3v) is 12.1. The van der Waals surface area contributed by atoms with Gasteiger partial charge in [0.25, 0.3) is 0 Å². The highest BCUT2D eigenvalue weighted by molar-refractivity contribution is 14.1. The molecule has 0 aromatic heterocycles. The summed E-state index contributed by atoms with van der Waals surface area (Å²) in [7, 11) is 0.230. The summed E-state index contributed by atoms with van der Waals surface area (Å²) in [5, 5.41) is 0.613. The molecule has 0 aromatic carbocycles. The Hall–Kier alpha value is 0.907. The van der Waals surface area contributed by atoms with Crippen molar-refractivity contribution in [1.29, 1.82) is 0 Å². The molecule has 1 nitrogen and oxygen atoms in total. The number of rotatable bonds is 2. The second kappa shape index (κ2) is 4.19. The van der Waals surface area contributed by atoms with Crippen LogP contribution in [0.25, 0.3) is 0 Å². The Morgan fingerprint density at radius 3 is 1.31 bits per heavy atom. The molecule has 0 radical (unpaired) electrons. The number of hydrogen-bond donors (Lipinski definition) is 0. The molecule has 0 aromatic rings. The van der Waals surface area contributed by atoms with Gasteiger partial charge in [0.05, 0.1) is 0 Å². The fourth-order valence-electron chi connectivity index (χ4n) is 2.19. The molecule has 0 aliphatic carbocycles. The van der Waals surface area contributed by atoms with Gasteiger partial charge in [-0.3, -0.25) is 0 Å². The fraction of sp³-hybridized carbons (Fsp3) is 1.00. The molecule has 0 saturated carbocycles. The largest absolute Gasteiger partial charge is 0.418 e. The monoisotopic (exact) mass is 314 g/mol. The molecule has 80 valence electrons. The van der Waals surface area contributed by atoms with Gasteiger partial charge in [-0.2, -0.15) is 0 Å². The van der Waals surface area contributed by atoms with Gasteiger partial charge in [0.2, 0.25) is 8.32 Å². The molecule has 3 heteroatoms. The quantitative estimate of drug-likeness (QED) is 0.423. The summed E-state index contributed by atoms with van der Waals surface area (Å²) < 4.78 is 7.11. The minimum atomic E-state index is -1.66. The predicted molar refractivity (Wildman–Crippen MR) is 71.1 cm³/mol. The molecule has 0 spiro atoms. The Morgan fingerprint density at radius 2 is 1.31 bits per heavy atom. The van der Waals surface area contributed by atoms with E-state index < -0.39 is 8.32 Å². The van der Waals surface area contributed by atoms with Crippen LogP contribution in [0.5, 0.6) is 0 Å². The topological polar surface area (TPSA) is 9.23 Å². The predicted octanol–water partition coefficient (Wildman–Crippen LogP) is 4.15. The molecular formula is C10H23IOSi. The Labute approximate surface area is 97.9 Å². The van der Waals surface area contributed by atoms with E-state index in [-0.39, 0.29) is 0 Å². The molecule has 0 aliphatic rings. The highest BCUT2D eigenvalue weighted by Crippen LogP contribution is 2.51. The van der Waals surface area contributed by atoms with E-state index in [9.17, 15) is 0 Å². The molecule has 0 aliphatic heterocycles. The van der Waals surface area contributed by atoms with Crippen molar-refractivity contribution >= 4 is 30.9 Å². The lowest BCUT2D eigenvalue weighted by atomic mass is 10.2. The Morgan fingerprint density at radius 1 is 1.00 bits per heavy atom. The van der Waals surface area contributed by atoms with E-state index in [4.69, 9.17) is 4.43 Å². The van der Waals surface area contributed by atoms with Crippen LogP contribution in [0.15, 0.2) is 0 Å². The lowest BCUT2D eigenvalue weighted by Crippen LogP contribution is -2.55. The minimum Gasteiger partial charge on any atom is -0.418 e. The first kappa shape index (κ1) is 13.9. The second-order valence-electron chi connectivity index (χ2n) is 5.66. The molecule has 0 saturated heterocycles. The van der Waals surface area contributed by atoms with Crippen molar-refractivity contribution in [2.75, 3.05) is 11.2 Å². The van der Waals surface area contributed by atoms with Gasteiger partial charge in [-0.15, -0.1) is 0 Å². The van der Waals surface area contributed by atoms with Crippen LogP contribution in [0.1, 0.15) is 41.5 Å². The van der Waals surface area contributed by atoms with Gasteiger partial charge < -0.3 is 4.43 Å². The van der Waals surface area contributed by atoms with Gasteiger partial charge >= 0.3 is 0 Å². The Bertz CT molecular complexity index is 147. The van der Waals surface area contributed by atoms with Gasteiger partial charge in [-0.05, 0) is 10.1 Å². The van der Waals surface area contributed by atoms with Crippen LogP contribution in [0.4, 0.5) is 0 Å². The van der Waals surface area contributed by atoms with E-state index in [0.29, 0.717) is 10.1 Å². The van der Waals surface area contributed by atoms with Gasteiger partial charge in [0.1, 0.15) is 0 Å². The van der Waals surface area contributed by atoms with Crippen molar-refractivity contribution in [2.45, 2.75) is 51.6 Å². The molecule has 0 N–H and O–H groups in total. The van der Waals surface area contributed by atoms with Crippen molar-refractivity contribution in [3.05, 3.63) is 0 Å². The van der Waals surface area contributed by atoms with Crippen LogP contribution in [0.3, 0.4) is 0 Å². The summed E-state index contributed by atoms with van der Waals surface area (Å²) in [6.45, 7) is 13.9. The van der Waals surface area contributed by atoms with Crippen LogP contribution in [0.2, 0.25) is 10.1 Å². The molecule has 0 bridgehead atoms. The Kier molecular flexibility index (Phi) is 4.48. The molecule has 0 fully saturated rings. The molecule has 0 rings (SSSR count). The van der Waals surface area contributed by atoms with E-state index in [2.05, 4.69) is 64.1 Å². The number of halogens is 1. The van der Waals surface area contributed by atoms with E-state index in [1.165, 1.54) is 0 Å². The minimum absolute atomic E-state index is 0.307. The van der Waals surface area contributed by atoms with Crippen molar-refractivity contribution in [3.8, 4) is 0 Å². The third kappa shape index (κ3) is 2.48. The molecule has 0 atom stereocenters. The van der Waals surface area contributed by atoms with Crippen molar-refractivity contribution in [3.63, 3.8) is 0 Å². The van der Waals surface area contributed by atoms with Crippen molar-refractivity contribution < 1.29 is 4.43 Å². The normalized spacial score (nSPS) is 14.8. The maximum absolute atomic E-state index is 5.95. The highest BCUT2D eigenvalue weighted by atomic mass is 127.